The Labute approximate surface area is 97.6 Å². The third-order valence-electron chi connectivity index (χ3n) is 2.81. The Balaban J connectivity index is 2.85. The monoisotopic (exact) mass is 220 g/mol. The molecular weight excluding hydrogens is 200 g/mol. The maximum absolute atomic E-state index is 12.0. The van der Waals surface area contributed by atoms with Crippen molar-refractivity contribution >= 4 is 5.78 Å². The molecule has 16 heavy (non-hydrogen) atoms. The summed E-state index contributed by atoms with van der Waals surface area (Å²) in [6.45, 7) is 6.23. The van der Waals surface area contributed by atoms with Crippen LogP contribution in [0.2, 0.25) is 0 Å². The lowest BCUT2D eigenvalue weighted by Gasteiger charge is -2.12. The Morgan fingerprint density at radius 3 is 2.19 bits per heavy atom. The Kier molecular flexibility index (Phi) is 4.69. The zero-order valence-corrected chi connectivity index (χ0v) is 10.5. The lowest BCUT2D eigenvalue weighted by Crippen LogP contribution is -2.22. The Hall–Kier alpha value is -1.15. The molecule has 0 aliphatic heterocycles. The zero-order valence-electron chi connectivity index (χ0n) is 10.5. The predicted octanol–water partition coefficient (Wildman–Crippen LogP) is 3.42. The predicted molar refractivity (Wildman–Crippen MR) is 65.9 cm³/mol. The van der Waals surface area contributed by atoms with Gasteiger partial charge in [0.15, 0.2) is 5.78 Å². The van der Waals surface area contributed by atoms with Crippen molar-refractivity contribution in [1.29, 1.82) is 0 Å². The van der Waals surface area contributed by atoms with Gasteiger partial charge in [0.05, 0.1) is 0 Å². The quantitative estimate of drug-likeness (QED) is 0.711. The molecule has 0 radical (unpaired) electrons. The van der Waals surface area contributed by atoms with Crippen LogP contribution in [0.3, 0.4) is 0 Å². The summed E-state index contributed by atoms with van der Waals surface area (Å²) in [6, 6.07) is 7.80. The van der Waals surface area contributed by atoms with Gasteiger partial charge in [-0.3, -0.25) is 4.79 Å². The molecule has 1 aromatic carbocycles. The average molecular weight is 220 g/mol. The Bertz CT molecular complexity index is 334. The van der Waals surface area contributed by atoms with E-state index in [4.69, 9.17) is 4.74 Å². The van der Waals surface area contributed by atoms with Gasteiger partial charge in [0.1, 0.15) is 6.10 Å². The number of hydrogen-bond acceptors (Lipinski definition) is 2. The van der Waals surface area contributed by atoms with Gasteiger partial charge < -0.3 is 4.74 Å². The molecule has 2 nitrogen and oxygen atoms in total. The largest absolute Gasteiger partial charge is 0.373 e. The smallest absolute Gasteiger partial charge is 0.191 e. The summed E-state index contributed by atoms with van der Waals surface area (Å²) in [7, 11) is 1.58. The molecule has 1 atom stereocenters. The summed E-state index contributed by atoms with van der Waals surface area (Å²) in [4.78, 5) is 12.0. The van der Waals surface area contributed by atoms with Crippen molar-refractivity contribution in [3.63, 3.8) is 0 Å². The van der Waals surface area contributed by atoms with E-state index in [1.54, 1.807) is 7.11 Å². The molecule has 2 heteroatoms. The normalized spacial score (nSPS) is 12.8. The molecule has 0 saturated carbocycles. The first-order valence-electron chi connectivity index (χ1n) is 5.77. The number of carbonyl (C=O) groups excluding carboxylic acids is 1. The molecule has 0 aromatic heterocycles. The minimum atomic E-state index is -0.315. The van der Waals surface area contributed by atoms with E-state index in [0.717, 1.165) is 5.56 Å². The van der Waals surface area contributed by atoms with Gasteiger partial charge in [0.2, 0.25) is 0 Å². The van der Waals surface area contributed by atoms with Crippen LogP contribution in [-0.4, -0.2) is 19.0 Å². The Morgan fingerprint density at radius 1 is 1.25 bits per heavy atom. The van der Waals surface area contributed by atoms with E-state index in [1.807, 2.05) is 31.2 Å². The van der Waals surface area contributed by atoms with Crippen LogP contribution in [0.25, 0.3) is 0 Å². The fraction of sp³-hybridized carbons (Fsp3) is 0.500. The molecule has 0 fully saturated rings. The topological polar surface area (TPSA) is 26.3 Å². The fourth-order valence-corrected chi connectivity index (χ4v) is 1.68. The maximum Gasteiger partial charge on any atom is 0.191 e. The molecule has 1 unspecified atom stereocenters. The van der Waals surface area contributed by atoms with Crippen LogP contribution in [0.5, 0.6) is 0 Å². The summed E-state index contributed by atoms with van der Waals surface area (Å²) in [5.74, 6) is 0.564. The SMILES string of the molecule is CCC(OC)C(=O)c1ccc(C(C)C)cc1. The van der Waals surface area contributed by atoms with Gasteiger partial charge in [-0.2, -0.15) is 0 Å². The molecule has 1 rings (SSSR count). The van der Waals surface area contributed by atoms with Crippen LogP contribution in [0, 0.1) is 0 Å². The Morgan fingerprint density at radius 2 is 1.81 bits per heavy atom. The molecule has 1 aromatic rings. The van der Waals surface area contributed by atoms with Gasteiger partial charge in [-0.15, -0.1) is 0 Å². The van der Waals surface area contributed by atoms with E-state index in [2.05, 4.69) is 13.8 Å². The lowest BCUT2D eigenvalue weighted by atomic mass is 9.98. The van der Waals surface area contributed by atoms with Gasteiger partial charge in [-0.1, -0.05) is 45.0 Å². The number of ether oxygens (including phenoxy) is 1. The van der Waals surface area contributed by atoms with Crippen LogP contribution in [0.15, 0.2) is 24.3 Å². The fourth-order valence-electron chi connectivity index (χ4n) is 1.68. The number of Topliss-reactive ketones (excluding diaryl/α,β-unsaturated/α-hetero) is 1. The summed E-state index contributed by atoms with van der Waals surface area (Å²) < 4.78 is 5.14. The highest BCUT2D eigenvalue weighted by Crippen LogP contribution is 2.16. The lowest BCUT2D eigenvalue weighted by molar-refractivity contribution is 0.0595. The third-order valence-corrected chi connectivity index (χ3v) is 2.81. The number of methoxy groups -OCH3 is 1. The highest BCUT2D eigenvalue weighted by molar-refractivity contribution is 5.99. The molecule has 0 aliphatic rings. The average Bonchev–Trinajstić information content (AvgIpc) is 2.30. The summed E-state index contributed by atoms with van der Waals surface area (Å²) in [5.41, 5.74) is 1.99. The highest BCUT2D eigenvalue weighted by Gasteiger charge is 2.17. The molecule has 0 N–H and O–H groups in total. The van der Waals surface area contributed by atoms with Crippen molar-refractivity contribution in [3.8, 4) is 0 Å². The van der Waals surface area contributed by atoms with E-state index in [-0.39, 0.29) is 11.9 Å². The van der Waals surface area contributed by atoms with Crippen LogP contribution in [0.1, 0.15) is 49.0 Å². The summed E-state index contributed by atoms with van der Waals surface area (Å²) in [6.07, 6.45) is 0.395. The van der Waals surface area contributed by atoms with Crippen molar-refractivity contribution in [2.75, 3.05) is 7.11 Å². The van der Waals surface area contributed by atoms with E-state index in [9.17, 15) is 4.79 Å². The van der Waals surface area contributed by atoms with Crippen LogP contribution in [0.4, 0.5) is 0 Å². The van der Waals surface area contributed by atoms with Crippen molar-refractivity contribution < 1.29 is 9.53 Å². The van der Waals surface area contributed by atoms with Gasteiger partial charge >= 0.3 is 0 Å². The number of carbonyl (C=O) groups is 1. The van der Waals surface area contributed by atoms with Crippen molar-refractivity contribution in [1.82, 2.24) is 0 Å². The second-order valence-electron chi connectivity index (χ2n) is 4.27. The first-order valence-corrected chi connectivity index (χ1v) is 5.77. The summed E-state index contributed by atoms with van der Waals surface area (Å²) >= 11 is 0. The van der Waals surface area contributed by atoms with Gasteiger partial charge in [0.25, 0.3) is 0 Å². The first-order chi connectivity index (χ1) is 7.60. The molecular formula is C14H20O2. The van der Waals surface area contributed by atoms with E-state index < -0.39 is 0 Å². The minimum absolute atomic E-state index is 0.0697. The second-order valence-corrected chi connectivity index (χ2v) is 4.27. The van der Waals surface area contributed by atoms with Crippen LogP contribution in [-0.2, 0) is 4.74 Å². The minimum Gasteiger partial charge on any atom is -0.373 e. The van der Waals surface area contributed by atoms with Crippen LogP contribution < -0.4 is 0 Å². The van der Waals surface area contributed by atoms with Gasteiger partial charge in [-0.05, 0) is 17.9 Å². The number of ketones is 1. The summed E-state index contributed by atoms with van der Waals surface area (Å²) in [5, 5.41) is 0. The number of rotatable bonds is 5. The van der Waals surface area contributed by atoms with E-state index in [0.29, 0.717) is 12.3 Å². The van der Waals surface area contributed by atoms with Crippen LogP contribution >= 0.6 is 0 Å². The zero-order chi connectivity index (χ0) is 12.1. The first kappa shape index (κ1) is 12.9. The molecule has 0 heterocycles. The molecule has 88 valence electrons. The molecule has 0 bridgehead atoms. The molecule has 0 aliphatic carbocycles. The third kappa shape index (κ3) is 2.92. The van der Waals surface area contributed by atoms with Crippen molar-refractivity contribution in [2.45, 2.75) is 39.2 Å². The second kappa shape index (κ2) is 5.80. The van der Waals surface area contributed by atoms with Crippen molar-refractivity contribution in [3.05, 3.63) is 35.4 Å². The van der Waals surface area contributed by atoms with Crippen molar-refractivity contribution in [2.24, 2.45) is 0 Å². The molecule has 0 spiro atoms. The highest BCUT2D eigenvalue weighted by atomic mass is 16.5. The maximum atomic E-state index is 12.0. The molecule has 0 amide bonds. The van der Waals surface area contributed by atoms with Gasteiger partial charge in [0, 0.05) is 12.7 Å². The number of benzene rings is 1. The molecule has 0 saturated heterocycles. The standard InChI is InChI=1S/C14H20O2/c1-5-13(16-4)14(15)12-8-6-11(7-9-12)10(2)3/h6-10,13H,5H2,1-4H3. The van der Waals surface area contributed by atoms with Gasteiger partial charge in [-0.25, -0.2) is 0 Å². The van der Waals surface area contributed by atoms with E-state index >= 15 is 0 Å². The van der Waals surface area contributed by atoms with E-state index in [1.165, 1.54) is 5.56 Å². The number of hydrogen-bond donors (Lipinski definition) is 0.